The van der Waals surface area contributed by atoms with Gasteiger partial charge in [0.2, 0.25) is 0 Å². The Hall–Kier alpha value is -3.62. The quantitative estimate of drug-likeness (QED) is 0.289. The molecule has 33 heavy (non-hydrogen) atoms. The van der Waals surface area contributed by atoms with E-state index >= 15 is 0 Å². The summed E-state index contributed by atoms with van der Waals surface area (Å²) in [6.45, 7) is 1.13. The highest BCUT2D eigenvalue weighted by atomic mass is 15.0. The first kappa shape index (κ1) is 20.0. The molecule has 0 saturated carbocycles. The summed E-state index contributed by atoms with van der Waals surface area (Å²) in [6.07, 6.45) is 8.30. The summed E-state index contributed by atoms with van der Waals surface area (Å²) in [5.41, 5.74) is 7.54. The van der Waals surface area contributed by atoms with Crippen LogP contribution in [0.25, 0.3) is 39.6 Å². The molecule has 162 valence electrons. The van der Waals surface area contributed by atoms with Crippen LogP contribution in [0, 0.1) is 0 Å². The van der Waals surface area contributed by atoms with E-state index < -0.39 is 0 Å². The number of nitrogens with one attached hydrogen (secondary N) is 1. The van der Waals surface area contributed by atoms with Crippen LogP contribution < -0.4 is 5.32 Å². The van der Waals surface area contributed by atoms with Crippen molar-refractivity contribution in [1.29, 1.82) is 0 Å². The zero-order valence-corrected chi connectivity index (χ0v) is 18.7. The predicted molar refractivity (Wildman–Crippen MR) is 141 cm³/mol. The Morgan fingerprint density at radius 2 is 1.39 bits per heavy atom. The maximum atomic E-state index is 3.64. The van der Waals surface area contributed by atoms with E-state index in [1.807, 2.05) is 0 Å². The molecule has 2 nitrogen and oxygen atoms in total. The lowest BCUT2D eigenvalue weighted by Crippen LogP contribution is -2.26. The molecule has 1 atom stereocenters. The molecule has 2 heterocycles. The van der Waals surface area contributed by atoms with Crippen molar-refractivity contribution < 1.29 is 0 Å². The van der Waals surface area contributed by atoms with E-state index in [-0.39, 0.29) is 0 Å². The van der Waals surface area contributed by atoms with Gasteiger partial charge in [0.05, 0.1) is 11.0 Å². The second-order valence-corrected chi connectivity index (χ2v) is 8.97. The van der Waals surface area contributed by atoms with Gasteiger partial charge in [0.25, 0.3) is 0 Å². The maximum Gasteiger partial charge on any atom is 0.0541 e. The molecular weight excluding hydrogens is 400 g/mol. The monoisotopic (exact) mass is 428 g/mol. The normalized spacial score (nSPS) is 16.7. The van der Waals surface area contributed by atoms with Gasteiger partial charge in [0, 0.05) is 22.5 Å². The van der Waals surface area contributed by atoms with Gasteiger partial charge in [-0.3, -0.25) is 0 Å². The molecule has 1 aromatic heterocycles. The maximum absolute atomic E-state index is 3.64. The van der Waals surface area contributed by atoms with Crippen molar-refractivity contribution >= 4 is 34.0 Å². The van der Waals surface area contributed by atoms with Crippen molar-refractivity contribution in [2.45, 2.75) is 25.3 Å². The van der Waals surface area contributed by atoms with Gasteiger partial charge in [-0.15, -0.1) is 0 Å². The lowest BCUT2D eigenvalue weighted by molar-refractivity contribution is 0.412. The lowest BCUT2D eigenvalue weighted by atomic mass is 9.96. The van der Waals surface area contributed by atoms with E-state index in [0.29, 0.717) is 6.04 Å². The Balaban J connectivity index is 1.34. The minimum atomic E-state index is 0.515. The highest BCUT2D eigenvalue weighted by molar-refractivity contribution is 6.09. The van der Waals surface area contributed by atoms with Crippen molar-refractivity contribution in [3.8, 4) is 5.69 Å². The number of aromatic nitrogens is 1. The van der Waals surface area contributed by atoms with Gasteiger partial charge < -0.3 is 9.88 Å². The molecular formula is C31H28N2. The third-order valence-corrected chi connectivity index (χ3v) is 6.83. The van der Waals surface area contributed by atoms with Gasteiger partial charge in [-0.05, 0) is 66.4 Å². The van der Waals surface area contributed by atoms with Crippen LogP contribution in [0.2, 0.25) is 0 Å². The molecule has 1 saturated heterocycles. The molecule has 0 aliphatic carbocycles. The summed E-state index contributed by atoms with van der Waals surface area (Å²) in [6, 6.07) is 35.6. The molecule has 1 unspecified atom stereocenters. The number of piperidine rings is 1. The Morgan fingerprint density at radius 3 is 2.21 bits per heavy atom. The summed E-state index contributed by atoms with van der Waals surface area (Å²) in [5.74, 6) is 0. The molecule has 0 spiro atoms. The van der Waals surface area contributed by atoms with E-state index in [9.17, 15) is 0 Å². The lowest BCUT2D eigenvalue weighted by Gasteiger charge is -2.23. The third kappa shape index (κ3) is 3.88. The Labute approximate surface area is 195 Å². The van der Waals surface area contributed by atoms with Gasteiger partial charge in [-0.25, -0.2) is 0 Å². The first-order valence-electron chi connectivity index (χ1n) is 12.0. The molecule has 1 aliphatic heterocycles. The second kappa shape index (κ2) is 8.73. The highest BCUT2D eigenvalue weighted by Crippen LogP contribution is 2.33. The van der Waals surface area contributed by atoms with Gasteiger partial charge in [0.15, 0.2) is 0 Å². The molecule has 4 aromatic carbocycles. The van der Waals surface area contributed by atoms with E-state index in [1.54, 1.807) is 0 Å². The van der Waals surface area contributed by atoms with Crippen molar-refractivity contribution in [2.24, 2.45) is 0 Å². The van der Waals surface area contributed by atoms with Crippen molar-refractivity contribution in [3.05, 3.63) is 114 Å². The highest BCUT2D eigenvalue weighted by Gasteiger charge is 2.14. The van der Waals surface area contributed by atoms with Crippen LogP contribution in [0.5, 0.6) is 0 Å². The third-order valence-electron chi connectivity index (χ3n) is 6.83. The fourth-order valence-corrected chi connectivity index (χ4v) is 5.12. The van der Waals surface area contributed by atoms with E-state index in [0.717, 1.165) is 6.54 Å². The number of para-hydroxylation sites is 2. The molecule has 1 fully saturated rings. The summed E-state index contributed by atoms with van der Waals surface area (Å²) < 4.78 is 2.36. The van der Waals surface area contributed by atoms with Crippen LogP contribution in [0.4, 0.5) is 0 Å². The van der Waals surface area contributed by atoms with Crippen LogP contribution in [0.3, 0.4) is 0 Å². The molecule has 0 radical (unpaired) electrons. The largest absolute Gasteiger partial charge is 0.310 e. The Morgan fingerprint density at radius 1 is 0.667 bits per heavy atom. The van der Waals surface area contributed by atoms with Crippen LogP contribution in [-0.4, -0.2) is 11.1 Å². The average molecular weight is 429 g/mol. The smallest absolute Gasteiger partial charge is 0.0541 e. The number of hydrogen-bond donors (Lipinski definition) is 1. The SMILES string of the molecule is C(=C\c1ccc2c(c1)c1ccccc1n2-c1ccccc1)/c1ccc(C2CCCCN2)cc1. The Kier molecular flexibility index (Phi) is 5.29. The first-order valence-corrected chi connectivity index (χ1v) is 12.0. The summed E-state index contributed by atoms with van der Waals surface area (Å²) in [7, 11) is 0. The van der Waals surface area contributed by atoms with E-state index in [2.05, 4.69) is 119 Å². The first-order chi connectivity index (χ1) is 16.4. The summed E-state index contributed by atoms with van der Waals surface area (Å²) in [4.78, 5) is 0. The molecule has 5 aromatic rings. The summed E-state index contributed by atoms with van der Waals surface area (Å²) in [5, 5.41) is 6.21. The minimum absolute atomic E-state index is 0.515. The number of hydrogen-bond acceptors (Lipinski definition) is 1. The van der Waals surface area contributed by atoms with Gasteiger partial charge in [0.1, 0.15) is 0 Å². The second-order valence-electron chi connectivity index (χ2n) is 8.97. The zero-order valence-electron chi connectivity index (χ0n) is 18.7. The van der Waals surface area contributed by atoms with Crippen LogP contribution >= 0.6 is 0 Å². The van der Waals surface area contributed by atoms with Crippen LogP contribution in [0.1, 0.15) is 42.0 Å². The molecule has 2 heteroatoms. The van der Waals surface area contributed by atoms with E-state index in [1.165, 1.54) is 63.4 Å². The van der Waals surface area contributed by atoms with Crippen LogP contribution in [-0.2, 0) is 0 Å². The van der Waals surface area contributed by atoms with Gasteiger partial charge in [-0.1, -0.05) is 85.3 Å². The fourth-order valence-electron chi connectivity index (χ4n) is 5.12. The van der Waals surface area contributed by atoms with Crippen molar-refractivity contribution in [2.75, 3.05) is 6.54 Å². The number of nitrogens with zero attached hydrogens (tertiary/aromatic N) is 1. The molecule has 0 bridgehead atoms. The number of benzene rings is 4. The fraction of sp³-hybridized carbons (Fsp3) is 0.161. The number of fused-ring (bicyclic) bond motifs is 3. The average Bonchev–Trinajstić information content (AvgIpc) is 3.22. The summed E-state index contributed by atoms with van der Waals surface area (Å²) >= 11 is 0. The molecule has 1 N–H and O–H groups in total. The van der Waals surface area contributed by atoms with Crippen molar-refractivity contribution in [1.82, 2.24) is 9.88 Å². The van der Waals surface area contributed by atoms with Gasteiger partial charge >= 0.3 is 0 Å². The zero-order chi connectivity index (χ0) is 22.0. The topological polar surface area (TPSA) is 17.0 Å². The molecule has 0 amide bonds. The van der Waals surface area contributed by atoms with Gasteiger partial charge in [-0.2, -0.15) is 0 Å². The molecule has 6 rings (SSSR count). The minimum Gasteiger partial charge on any atom is -0.310 e. The van der Waals surface area contributed by atoms with E-state index in [4.69, 9.17) is 0 Å². The van der Waals surface area contributed by atoms with Crippen molar-refractivity contribution in [3.63, 3.8) is 0 Å². The standard InChI is InChI=1S/C31H28N2/c1-2-8-26(9-3-1)33-30-12-5-4-10-27(30)28-22-24(17-20-31(28)33)14-13-23-15-18-25(19-16-23)29-11-6-7-21-32-29/h1-5,8-10,12-20,22,29,32H,6-7,11,21H2/b14-13+. The predicted octanol–water partition coefficient (Wildman–Crippen LogP) is 7.77. The van der Waals surface area contributed by atoms with Crippen LogP contribution in [0.15, 0.2) is 97.1 Å². The number of rotatable bonds is 4. The molecule has 1 aliphatic rings. The Bertz CT molecular complexity index is 1420.